The Balaban J connectivity index is 2.45. The lowest BCUT2D eigenvalue weighted by Gasteiger charge is -2.21. The molecule has 2 aromatic carbocycles. The number of halogens is 3. The first-order chi connectivity index (χ1) is 10.7. The molecule has 0 aromatic heterocycles. The fourth-order valence-corrected chi connectivity index (χ4v) is 2.21. The highest BCUT2D eigenvalue weighted by Crippen LogP contribution is 2.40. The van der Waals surface area contributed by atoms with Gasteiger partial charge in [-0.05, 0) is 35.4 Å². The van der Waals surface area contributed by atoms with E-state index in [2.05, 4.69) is 0 Å². The summed E-state index contributed by atoms with van der Waals surface area (Å²) >= 11 is 0. The Labute approximate surface area is 128 Å². The molecule has 7 heteroatoms. The van der Waals surface area contributed by atoms with E-state index in [1.165, 1.54) is 0 Å². The molecule has 0 aliphatic rings. The van der Waals surface area contributed by atoms with Gasteiger partial charge in [0.2, 0.25) is 0 Å². The van der Waals surface area contributed by atoms with Crippen LogP contribution in [0.15, 0.2) is 48.5 Å². The van der Waals surface area contributed by atoms with Crippen molar-refractivity contribution in [3.05, 3.63) is 70.8 Å². The summed E-state index contributed by atoms with van der Waals surface area (Å²) in [6.45, 7) is 0. The molecular formula is C16H11F3O4. The highest BCUT2D eigenvalue weighted by Gasteiger charge is 2.41. The minimum atomic E-state index is -4.60. The molecular weight excluding hydrogens is 313 g/mol. The lowest BCUT2D eigenvalue weighted by atomic mass is 9.89. The van der Waals surface area contributed by atoms with Gasteiger partial charge in [0.15, 0.2) is 0 Å². The van der Waals surface area contributed by atoms with Crippen LogP contribution in [0.5, 0.6) is 0 Å². The number of carbonyl (C=O) groups is 2. The number of aromatic carboxylic acids is 2. The first-order valence-electron chi connectivity index (χ1n) is 6.43. The van der Waals surface area contributed by atoms with E-state index in [0.29, 0.717) is 0 Å². The van der Waals surface area contributed by atoms with Crippen molar-refractivity contribution in [2.45, 2.75) is 12.1 Å². The van der Waals surface area contributed by atoms with Crippen LogP contribution in [0.25, 0.3) is 0 Å². The van der Waals surface area contributed by atoms with E-state index in [0.717, 1.165) is 48.5 Å². The Bertz CT molecular complexity index is 661. The largest absolute Gasteiger partial charge is 0.478 e. The Morgan fingerprint density at radius 3 is 1.26 bits per heavy atom. The summed E-state index contributed by atoms with van der Waals surface area (Å²) in [5.74, 6) is -4.43. The Hall–Kier alpha value is -2.83. The maximum absolute atomic E-state index is 13.4. The number of benzene rings is 2. The second-order valence-corrected chi connectivity index (χ2v) is 4.83. The Morgan fingerprint density at radius 1 is 0.739 bits per heavy atom. The van der Waals surface area contributed by atoms with E-state index >= 15 is 0 Å². The van der Waals surface area contributed by atoms with Crippen molar-refractivity contribution in [3.8, 4) is 0 Å². The molecule has 0 radical (unpaired) electrons. The average molecular weight is 324 g/mol. The third-order valence-corrected chi connectivity index (χ3v) is 3.31. The summed E-state index contributed by atoms with van der Waals surface area (Å²) in [5, 5.41) is 17.6. The Morgan fingerprint density at radius 2 is 1.04 bits per heavy atom. The van der Waals surface area contributed by atoms with E-state index in [9.17, 15) is 22.8 Å². The molecule has 0 atom stereocenters. The molecule has 2 aromatic rings. The second kappa shape index (κ2) is 6.12. The van der Waals surface area contributed by atoms with Gasteiger partial charge in [-0.1, -0.05) is 24.3 Å². The molecule has 0 fully saturated rings. The highest BCUT2D eigenvalue weighted by molar-refractivity contribution is 5.88. The monoisotopic (exact) mass is 324 g/mol. The van der Waals surface area contributed by atoms with Crippen molar-refractivity contribution < 1.29 is 33.0 Å². The van der Waals surface area contributed by atoms with Gasteiger partial charge in [0.05, 0.1) is 11.1 Å². The van der Waals surface area contributed by atoms with Crippen LogP contribution in [0.3, 0.4) is 0 Å². The smallest absolute Gasteiger partial charge is 0.399 e. The predicted molar refractivity (Wildman–Crippen MR) is 74.7 cm³/mol. The van der Waals surface area contributed by atoms with Gasteiger partial charge in [-0.2, -0.15) is 13.2 Å². The van der Waals surface area contributed by atoms with Crippen molar-refractivity contribution >= 4 is 11.9 Å². The van der Waals surface area contributed by atoms with Crippen LogP contribution in [-0.4, -0.2) is 28.3 Å². The highest BCUT2D eigenvalue weighted by atomic mass is 19.4. The maximum Gasteiger partial charge on any atom is 0.399 e. The Kier molecular flexibility index (Phi) is 4.40. The minimum Gasteiger partial charge on any atom is -0.478 e. The third-order valence-electron chi connectivity index (χ3n) is 3.31. The van der Waals surface area contributed by atoms with E-state index in [1.807, 2.05) is 0 Å². The normalized spacial score (nSPS) is 11.5. The molecule has 0 saturated carbocycles. The summed E-state index contributed by atoms with van der Waals surface area (Å²) < 4.78 is 40.1. The predicted octanol–water partition coefficient (Wildman–Crippen LogP) is 3.78. The molecule has 0 amide bonds. The lowest BCUT2D eigenvalue weighted by molar-refractivity contribution is -0.141. The molecule has 2 rings (SSSR count). The van der Waals surface area contributed by atoms with Crippen LogP contribution in [0.1, 0.15) is 37.8 Å². The lowest BCUT2D eigenvalue weighted by Crippen LogP contribution is -2.22. The van der Waals surface area contributed by atoms with Gasteiger partial charge in [0, 0.05) is 0 Å². The zero-order valence-electron chi connectivity index (χ0n) is 11.5. The summed E-state index contributed by atoms with van der Waals surface area (Å²) in [7, 11) is 0. The van der Waals surface area contributed by atoms with Crippen LogP contribution >= 0.6 is 0 Å². The minimum absolute atomic E-state index is 0.115. The number of carboxylic acids is 2. The fraction of sp³-hybridized carbons (Fsp3) is 0.125. The molecule has 0 heterocycles. The molecule has 0 bridgehead atoms. The van der Waals surface area contributed by atoms with Crippen LogP contribution < -0.4 is 0 Å². The summed E-state index contributed by atoms with van der Waals surface area (Å²) in [6, 6.07) is 8.81. The van der Waals surface area contributed by atoms with Crippen LogP contribution in [0.4, 0.5) is 13.2 Å². The van der Waals surface area contributed by atoms with Gasteiger partial charge in [0.1, 0.15) is 5.92 Å². The maximum atomic E-state index is 13.4. The van der Waals surface area contributed by atoms with Crippen molar-refractivity contribution in [1.29, 1.82) is 0 Å². The van der Waals surface area contributed by atoms with E-state index in [-0.39, 0.29) is 22.3 Å². The number of hydrogen-bond donors (Lipinski definition) is 2. The van der Waals surface area contributed by atoms with Gasteiger partial charge in [0.25, 0.3) is 0 Å². The molecule has 120 valence electrons. The summed E-state index contributed by atoms with van der Waals surface area (Å²) in [4.78, 5) is 21.5. The SMILES string of the molecule is O=C(O)c1ccc(C(c2ccc(C(=O)O)cc2)C(F)(F)F)cc1. The van der Waals surface area contributed by atoms with Gasteiger partial charge in [-0.3, -0.25) is 0 Å². The molecule has 0 unspecified atom stereocenters. The van der Waals surface area contributed by atoms with Crippen LogP contribution in [0.2, 0.25) is 0 Å². The number of alkyl halides is 3. The molecule has 23 heavy (non-hydrogen) atoms. The van der Waals surface area contributed by atoms with Gasteiger partial charge in [-0.25, -0.2) is 9.59 Å². The average Bonchev–Trinajstić information content (AvgIpc) is 2.47. The third kappa shape index (κ3) is 3.68. The number of carboxylic acid groups (broad SMARTS) is 2. The molecule has 4 nitrogen and oxygen atoms in total. The standard InChI is InChI=1S/C16H11F3O4/c17-16(18,19)13(9-1-5-11(6-2-9)14(20)21)10-3-7-12(8-4-10)15(22)23/h1-8,13H,(H,20,21)(H,22,23). The van der Waals surface area contributed by atoms with Gasteiger partial charge < -0.3 is 10.2 Å². The zero-order valence-corrected chi connectivity index (χ0v) is 11.5. The van der Waals surface area contributed by atoms with Gasteiger partial charge in [-0.15, -0.1) is 0 Å². The van der Waals surface area contributed by atoms with Gasteiger partial charge >= 0.3 is 18.1 Å². The second-order valence-electron chi connectivity index (χ2n) is 4.83. The summed E-state index contributed by atoms with van der Waals surface area (Å²) in [5.41, 5.74) is -0.469. The number of hydrogen-bond acceptors (Lipinski definition) is 2. The first-order valence-corrected chi connectivity index (χ1v) is 6.43. The molecule has 0 aliphatic carbocycles. The first kappa shape index (κ1) is 16.5. The molecule has 2 N–H and O–H groups in total. The topological polar surface area (TPSA) is 74.6 Å². The van der Waals surface area contributed by atoms with Crippen LogP contribution in [0, 0.1) is 0 Å². The van der Waals surface area contributed by atoms with Crippen molar-refractivity contribution in [2.75, 3.05) is 0 Å². The quantitative estimate of drug-likeness (QED) is 0.897. The van der Waals surface area contributed by atoms with E-state index < -0.39 is 24.0 Å². The van der Waals surface area contributed by atoms with E-state index in [4.69, 9.17) is 10.2 Å². The van der Waals surface area contributed by atoms with Crippen molar-refractivity contribution in [2.24, 2.45) is 0 Å². The molecule has 0 spiro atoms. The van der Waals surface area contributed by atoms with Crippen molar-refractivity contribution in [1.82, 2.24) is 0 Å². The summed E-state index contributed by atoms with van der Waals surface area (Å²) in [6.07, 6.45) is -4.60. The molecule has 0 saturated heterocycles. The van der Waals surface area contributed by atoms with E-state index in [1.54, 1.807) is 0 Å². The van der Waals surface area contributed by atoms with Crippen LogP contribution in [-0.2, 0) is 0 Å². The zero-order chi connectivity index (χ0) is 17.2. The van der Waals surface area contributed by atoms with Crippen molar-refractivity contribution in [3.63, 3.8) is 0 Å². The fourth-order valence-electron chi connectivity index (χ4n) is 2.21. The molecule has 0 aliphatic heterocycles. The number of rotatable bonds is 4.